The molecule has 3 N–H and O–H groups in total. The normalized spacial score (nSPS) is 22.0. The summed E-state index contributed by atoms with van der Waals surface area (Å²) in [5.41, 5.74) is -0.972. The van der Waals surface area contributed by atoms with Gasteiger partial charge in [0.1, 0.15) is 5.54 Å². The molecule has 2 aliphatic carbocycles. The zero-order chi connectivity index (χ0) is 11.6. The third-order valence-electron chi connectivity index (χ3n) is 3.58. The minimum absolute atomic E-state index is 0.348. The molecular formula is C11H18N2O3. The van der Waals surface area contributed by atoms with Crippen molar-refractivity contribution in [2.75, 3.05) is 6.54 Å². The minimum atomic E-state index is -0.972. The number of amides is 2. The van der Waals surface area contributed by atoms with Crippen molar-refractivity contribution in [3.05, 3.63) is 0 Å². The Kier molecular flexibility index (Phi) is 3.03. The third-order valence-corrected chi connectivity index (χ3v) is 3.58. The maximum absolute atomic E-state index is 11.4. The lowest BCUT2D eigenvalue weighted by Crippen LogP contribution is -2.48. The molecule has 0 aromatic rings. The number of carbonyl (C=O) groups is 2. The molecule has 0 atom stereocenters. The Morgan fingerprint density at radius 1 is 1.31 bits per heavy atom. The van der Waals surface area contributed by atoms with E-state index in [1.54, 1.807) is 0 Å². The molecule has 0 aliphatic heterocycles. The summed E-state index contributed by atoms with van der Waals surface area (Å²) in [7, 11) is 0. The van der Waals surface area contributed by atoms with Gasteiger partial charge in [-0.1, -0.05) is 19.3 Å². The fourth-order valence-electron chi connectivity index (χ4n) is 1.95. The Balaban J connectivity index is 1.62. The lowest BCUT2D eigenvalue weighted by Gasteiger charge is -2.25. The summed E-state index contributed by atoms with van der Waals surface area (Å²) in [5.74, 6) is -0.170. The highest BCUT2D eigenvalue weighted by Gasteiger charge is 2.51. The van der Waals surface area contributed by atoms with Crippen LogP contribution in [-0.2, 0) is 4.79 Å². The molecule has 0 heterocycles. The van der Waals surface area contributed by atoms with E-state index in [0.717, 1.165) is 12.3 Å². The van der Waals surface area contributed by atoms with Crippen LogP contribution in [-0.4, -0.2) is 29.2 Å². The first kappa shape index (κ1) is 11.2. The van der Waals surface area contributed by atoms with Crippen molar-refractivity contribution < 1.29 is 14.7 Å². The summed E-state index contributed by atoms with van der Waals surface area (Å²) in [6, 6.07) is -0.348. The minimum Gasteiger partial charge on any atom is -0.480 e. The lowest BCUT2D eigenvalue weighted by atomic mass is 9.83. The summed E-state index contributed by atoms with van der Waals surface area (Å²) < 4.78 is 0. The molecule has 90 valence electrons. The zero-order valence-corrected chi connectivity index (χ0v) is 9.29. The highest BCUT2D eigenvalue weighted by atomic mass is 16.4. The van der Waals surface area contributed by atoms with Gasteiger partial charge in [-0.25, -0.2) is 9.59 Å². The van der Waals surface area contributed by atoms with Crippen LogP contribution in [0, 0.1) is 5.92 Å². The van der Waals surface area contributed by atoms with Crippen LogP contribution in [0.25, 0.3) is 0 Å². The van der Waals surface area contributed by atoms with Crippen LogP contribution in [0.1, 0.15) is 38.5 Å². The molecule has 0 aromatic heterocycles. The molecule has 0 unspecified atom stereocenters. The number of carboxylic acids is 1. The van der Waals surface area contributed by atoms with Crippen LogP contribution in [0.2, 0.25) is 0 Å². The van der Waals surface area contributed by atoms with E-state index >= 15 is 0 Å². The van der Waals surface area contributed by atoms with E-state index in [0.29, 0.717) is 19.4 Å². The van der Waals surface area contributed by atoms with Gasteiger partial charge in [0, 0.05) is 6.54 Å². The van der Waals surface area contributed by atoms with Crippen molar-refractivity contribution in [2.45, 2.75) is 44.1 Å². The van der Waals surface area contributed by atoms with Gasteiger partial charge in [0.15, 0.2) is 0 Å². The Hall–Kier alpha value is -1.26. The largest absolute Gasteiger partial charge is 0.480 e. The predicted molar refractivity (Wildman–Crippen MR) is 58.1 cm³/mol. The third kappa shape index (κ3) is 2.46. The van der Waals surface area contributed by atoms with Gasteiger partial charge < -0.3 is 15.7 Å². The Morgan fingerprint density at radius 2 is 2.00 bits per heavy atom. The Morgan fingerprint density at radius 3 is 2.44 bits per heavy atom. The van der Waals surface area contributed by atoms with Crippen molar-refractivity contribution in [1.82, 2.24) is 10.6 Å². The van der Waals surface area contributed by atoms with E-state index < -0.39 is 11.5 Å². The molecule has 2 amide bonds. The maximum Gasteiger partial charge on any atom is 0.329 e. The Bertz CT molecular complexity index is 296. The lowest BCUT2D eigenvalue weighted by molar-refractivity contribution is -0.140. The fourth-order valence-corrected chi connectivity index (χ4v) is 1.95. The summed E-state index contributed by atoms with van der Waals surface area (Å²) in [6.07, 6.45) is 5.92. The SMILES string of the molecule is O=C(NCCC1CCC1)NC1(C(=O)O)CC1. The molecule has 16 heavy (non-hydrogen) atoms. The molecule has 2 saturated carbocycles. The van der Waals surface area contributed by atoms with Crippen LogP contribution >= 0.6 is 0 Å². The van der Waals surface area contributed by atoms with Crippen molar-refractivity contribution in [3.63, 3.8) is 0 Å². The van der Waals surface area contributed by atoms with Crippen LogP contribution in [0.4, 0.5) is 4.79 Å². The van der Waals surface area contributed by atoms with Crippen LogP contribution in [0.15, 0.2) is 0 Å². The molecule has 5 heteroatoms. The number of hydrogen-bond donors (Lipinski definition) is 3. The van der Waals surface area contributed by atoms with Crippen LogP contribution in [0.3, 0.4) is 0 Å². The first-order valence-electron chi connectivity index (χ1n) is 5.92. The molecule has 0 aromatic carbocycles. The van der Waals surface area contributed by atoms with Gasteiger partial charge in [0.2, 0.25) is 0 Å². The topological polar surface area (TPSA) is 78.4 Å². The van der Waals surface area contributed by atoms with Gasteiger partial charge in [0.05, 0.1) is 0 Å². The number of nitrogens with one attached hydrogen (secondary N) is 2. The first-order chi connectivity index (χ1) is 7.62. The number of rotatable bonds is 5. The summed E-state index contributed by atoms with van der Waals surface area (Å²) >= 11 is 0. The fraction of sp³-hybridized carbons (Fsp3) is 0.818. The highest BCUT2D eigenvalue weighted by molar-refractivity contribution is 5.88. The van der Waals surface area contributed by atoms with E-state index in [2.05, 4.69) is 10.6 Å². The molecule has 2 fully saturated rings. The monoisotopic (exact) mass is 226 g/mol. The standard InChI is InChI=1S/C11H18N2O3/c14-9(15)11(5-6-11)13-10(16)12-7-4-8-2-1-3-8/h8H,1-7H2,(H,14,15)(H2,12,13,16). The molecule has 0 bridgehead atoms. The molecule has 5 nitrogen and oxygen atoms in total. The van der Waals surface area contributed by atoms with E-state index in [-0.39, 0.29) is 6.03 Å². The summed E-state index contributed by atoms with van der Waals surface area (Å²) in [5, 5.41) is 14.1. The van der Waals surface area contributed by atoms with Gasteiger partial charge in [-0.3, -0.25) is 0 Å². The zero-order valence-electron chi connectivity index (χ0n) is 9.29. The molecule has 2 aliphatic rings. The van der Waals surface area contributed by atoms with Crippen LogP contribution < -0.4 is 10.6 Å². The van der Waals surface area contributed by atoms with Crippen molar-refractivity contribution >= 4 is 12.0 Å². The molecule has 0 spiro atoms. The average molecular weight is 226 g/mol. The second-order valence-electron chi connectivity index (χ2n) is 4.85. The van der Waals surface area contributed by atoms with Gasteiger partial charge in [0.25, 0.3) is 0 Å². The second kappa shape index (κ2) is 4.31. The van der Waals surface area contributed by atoms with E-state index in [9.17, 15) is 9.59 Å². The van der Waals surface area contributed by atoms with E-state index in [4.69, 9.17) is 5.11 Å². The number of carbonyl (C=O) groups excluding carboxylic acids is 1. The van der Waals surface area contributed by atoms with Crippen molar-refractivity contribution in [2.24, 2.45) is 5.92 Å². The summed E-state index contributed by atoms with van der Waals surface area (Å²) in [6.45, 7) is 0.645. The number of aliphatic carboxylic acids is 1. The average Bonchev–Trinajstić information content (AvgIpc) is 2.90. The van der Waals surface area contributed by atoms with Gasteiger partial charge >= 0.3 is 12.0 Å². The van der Waals surface area contributed by atoms with Crippen LogP contribution in [0.5, 0.6) is 0 Å². The predicted octanol–water partition coefficient (Wildman–Crippen LogP) is 1.09. The Labute approximate surface area is 94.6 Å². The van der Waals surface area contributed by atoms with Gasteiger partial charge in [-0.15, -0.1) is 0 Å². The van der Waals surface area contributed by atoms with E-state index in [1.165, 1.54) is 19.3 Å². The number of carboxylic acid groups (broad SMARTS) is 1. The number of hydrogen-bond acceptors (Lipinski definition) is 2. The van der Waals surface area contributed by atoms with Gasteiger partial charge in [-0.2, -0.15) is 0 Å². The molecule has 0 saturated heterocycles. The smallest absolute Gasteiger partial charge is 0.329 e. The molecule has 0 radical (unpaired) electrons. The maximum atomic E-state index is 11.4. The van der Waals surface area contributed by atoms with E-state index in [1.807, 2.05) is 0 Å². The summed E-state index contributed by atoms with van der Waals surface area (Å²) in [4.78, 5) is 22.2. The van der Waals surface area contributed by atoms with Gasteiger partial charge in [-0.05, 0) is 25.2 Å². The second-order valence-corrected chi connectivity index (χ2v) is 4.85. The number of urea groups is 1. The molecule has 2 rings (SSSR count). The van der Waals surface area contributed by atoms with Crippen molar-refractivity contribution in [1.29, 1.82) is 0 Å². The first-order valence-corrected chi connectivity index (χ1v) is 5.92. The van der Waals surface area contributed by atoms with Crippen molar-refractivity contribution in [3.8, 4) is 0 Å². The highest BCUT2D eigenvalue weighted by Crippen LogP contribution is 2.35. The molecular weight excluding hydrogens is 208 g/mol. The quantitative estimate of drug-likeness (QED) is 0.656.